The maximum Gasteiger partial charge on any atom is 0.422 e. The van der Waals surface area contributed by atoms with Crippen molar-refractivity contribution in [1.29, 1.82) is 0 Å². The van der Waals surface area contributed by atoms with Crippen molar-refractivity contribution in [2.75, 3.05) is 34.0 Å². The molecule has 0 aliphatic rings. The third kappa shape index (κ3) is 8.10. The van der Waals surface area contributed by atoms with Crippen LogP contribution in [0.2, 0.25) is 0 Å². The number of hydrogen-bond acceptors (Lipinski definition) is 5. The first-order valence-corrected chi connectivity index (χ1v) is 9.21. The number of ether oxygens (including phenoxy) is 4. The summed E-state index contributed by atoms with van der Waals surface area (Å²) in [6.07, 6.45) is -3.82. The van der Waals surface area contributed by atoms with Crippen molar-refractivity contribution < 1.29 is 36.9 Å². The van der Waals surface area contributed by atoms with Crippen molar-refractivity contribution in [2.24, 2.45) is 0 Å². The van der Waals surface area contributed by atoms with E-state index in [1.807, 2.05) is 0 Å². The zero-order valence-electron chi connectivity index (χ0n) is 16.8. The van der Waals surface area contributed by atoms with Crippen LogP contribution in [-0.2, 0) is 11.2 Å². The van der Waals surface area contributed by atoms with Gasteiger partial charge >= 0.3 is 6.18 Å². The molecular formula is C21H24F3NO5. The highest BCUT2D eigenvalue weighted by Gasteiger charge is 2.29. The number of methoxy groups -OCH3 is 2. The lowest BCUT2D eigenvalue weighted by Gasteiger charge is -2.13. The average molecular weight is 427 g/mol. The standard InChI is InChI=1S/C21H24F3NO5/c1-27-16-4-3-5-17(13-16)29-11-10-25-20(26)9-7-15-6-8-18(19(12-15)28-2)30-14-21(22,23)24/h3-6,8,12-13H,7,9-11,14H2,1-2H3,(H,25,26). The summed E-state index contributed by atoms with van der Waals surface area (Å²) in [5, 5.41) is 2.75. The molecule has 2 rings (SSSR count). The molecule has 0 aromatic heterocycles. The zero-order chi connectivity index (χ0) is 22.0. The molecule has 6 nitrogen and oxygen atoms in total. The van der Waals surface area contributed by atoms with E-state index >= 15 is 0 Å². The van der Waals surface area contributed by atoms with Crippen LogP contribution in [-0.4, -0.2) is 46.1 Å². The first-order chi connectivity index (χ1) is 14.3. The number of rotatable bonds is 11. The number of alkyl halides is 3. The van der Waals surface area contributed by atoms with Gasteiger partial charge in [0.25, 0.3) is 0 Å². The monoisotopic (exact) mass is 427 g/mol. The van der Waals surface area contributed by atoms with Gasteiger partial charge in [-0.3, -0.25) is 4.79 Å². The van der Waals surface area contributed by atoms with Crippen molar-refractivity contribution in [2.45, 2.75) is 19.0 Å². The number of nitrogens with one attached hydrogen (secondary N) is 1. The Hall–Kier alpha value is -3.10. The molecule has 0 saturated carbocycles. The van der Waals surface area contributed by atoms with E-state index in [2.05, 4.69) is 5.32 Å². The van der Waals surface area contributed by atoms with Crippen LogP contribution in [0, 0.1) is 0 Å². The maximum atomic E-state index is 12.3. The molecule has 0 bridgehead atoms. The quantitative estimate of drug-likeness (QED) is 0.553. The van der Waals surface area contributed by atoms with Gasteiger partial charge in [-0.05, 0) is 36.2 Å². The highest BCUT2D eigenvalue weighted by molar-refractivity contribution is 5.76. The molecule has 0 aliphatic carbocycles. The molecule has 0 fully saturated rings. The topological polar surface area (TPSA) is 66.0 Å². The number of hydrogen-bond donors (Lipinski definition) is 1. The molecule has 1 N–H and O–H groups in total. The fraction of sp³-hybridized carbons (Fsp3) is 0.381. The second kappa shape index (κ2) is 11.2. The van der Waals surface area contributed by atoms with Crippen LogP contribution in [0.15, 0.2) is 42.5 Å². The van der Waals surface area contributed by atoms with Gasteiger partial charge in [0, 0.05) is 12.5 Å². The molecule has 0 radical (unpaired) electrons. The molecule has 0 atom stereocenters. The second-order valence-corrected chi connectivity index (χ2v) is 6.27. The lowest BCUT2D eigenvalue weighted by molar-refractivity contribution is -0.153. The number of benzene rings is 2. The summed E-state index contributed by atoms with van der Waals surface area (Å²) in [5.41, 5.74) is 0.744. The summed E-state index contributed by atoms with van der Waals surface area (Å²) in [5.74, 6) is 1.34. The summed E-state index contributed by atoms with van der Waals surface area (Å²) in [7, 11) is 2.91. The number of amides is 1. The highest BCUT2D eigenvalue weighted by Crippen LogP contribution is 2.30. The average Bonchev–Trinajstić information content (AvgIpc) is 2.73. The van der Waals surface area contributed by atoms with Gasteiger partial charge in [0.1, 0.15) is 18.1 Å². The van der Waals surface area contributed by atoms with Gasteiger partial charge in [0.2, 0.25) is 5.91 Å². The van der Waals surface area contributed by atoms with Gasteiger partial charge in [-0.25, -0.2) is 0 Å². The lowest BCUT2D eigenvalue weighted by atomic mass is 10.1. The SMILES string of the molecule is COc1cccc(OCCNC(=O)CCc2ccc(OCC(F)(F)F)c(OC)c2)c1. The van der Waals surface area contributed by atoms with Crippen LogP contribution < -0.4 is 24.3 Å². The molecule has 0 unspecified atom stereocenters. The fourth-order valence-corrected chi connectivity index (χ4v) is 2.54. The van der Waals surface area contributed by atoms with Crippen LogP contribution in [0.5, 0.6) is 23.0 Å². The molecule has 9 heteroatoms. The molecule has 0 heterocycles. The Bertz CT molecular complexity index is 827. The zero-order valence-corrected chi connectivity index (χ0v) is 16.8. The van der Waals surface area contributed by atoms with Crippen LogP contribution in [0.25, 0.3) is 0 Å². The summed E-state index contributed by atoms with van der Waals surface area (Å²) in [4.78, 5) is 12.0. The Labute approximate surface area is 172 Å². The predicted molar refractivity (Wildman–Crippen MR) is 104 cm³/mol. The van der Waals surface area contributed by atoms with E-state index in [0.717, 1.165) is 5.56 Å². The molecule has 2 aromatic rings. The molecule has 2 aromatic carbocycles. The third-order valence-corrected chi connectivity index (χ3v) is 3.99. The van der Waals surface area contributed by atoms with Crippen molar-refractivity contribution in [3.63, 3.8) is 0 Å². The molecule has 30 heavy (non-hydrogen) atoms. The van der Waals surface area contributed by atoms with Crippen molar-refractivity contribution >= 4 is 5.91 Å². The molecular weight excluding hydrogens is 403 g/mol. The molecule has 0 saturated heterocycles. The van der Waals surface area contributed by atoms with Gasteiger partial charge < -0.3 is 24.3 Å². The van der Waals surface area contributed by atoms with Crippen LogP contribution in [0.1, 0.15) is 12.0 Å². The maximum absolute atomic E-state index is 12.3. The number of carbonyl (C=O) groups excluding carboxylic acids is 1. The Morgan fingerprint density at radius 3 is 2.43 bits per heavy atom. The van der Waals surface area contributed by atoms with Crippen molar-refractivity contribution in [1.82, 2.24) is 5.32 Å². The van der Waals surface area contributed by atoms with E-state index in [-0.39, 0.29) is 23.8 Å². The fourth-order valence-electron chi connectivity index (χ4n) is 2.54. The van der Waals surface area contributed by atoms with E-state index in [4.69, 9.17) is 18.9 Å². The lowest BCUT2D eigenvalue weighted by Crippen LogP contribution is -2.28. The highest BCUT2D eigenvalue weighted by atomic mass is 19.4. The molecule has 0 aliphatic heterocycles. The minimum atomic E-state index is -4.43. The normalized spacial score (nSPS) is 11.0. The van der Waals surface area contributed by atoms with Crippen LogP contribution in [0.4, 0.5) is 13.2 Å². The van der Waals surface area contributed by atoms with E-state index < -0.39 is 12.8 Å². The first kappa shape index (κ1) is 23.2. The van der Waals surface area contributed by atoms with Gasteiger partial charge in [-0.2, -0.15) is 13.2 Å². The number of carbonyl (C=O) groups is 1. The summed E-state index contributed by atoms with van der Waals surface area (Å²) in [6.45, 7) is -0.759. The minimum Gasteiger partial charge on any atom is -0.497 e. The molecule has 164 valence electrons. The Morgan fingerprint density at radius 2 is 1.73 bits per heavy atom. The summed E-state index contributed by atoms with van der Waals surface area (Å²) in [6, 6.07) is 11.7. The van der Waals surface area contributed by atoms with E-state index in [1.54, 1.807) is 43.5 Å². The summed E-state index contributed by atoms with van der Waals surface area (Å²) >= 11 is 0. The smallest absolute Gasteiger partial charge is 0.422 e. The van der Waals surface area contributed by atoms with Crippen molar-refractivity contribution in [3.8, 4) is 23.0 Å². The summed E-state index contributed by atoms with van der Waals surface area (Å²) < 4.78 is 57.4. The minimum absolute atomic E-state index is 0.00211. The molecule has 1 amide bonds. The Balaban J connectivity index is 1.74. The van der Waals surface area contributed by atoms with E-state index in [1.165, 1.54) is 13.2 Å². The van der Waals surface area contributed by atoms with Gasteiger partial charge in [0.15, 0.2) is 18.1 Å². The Kier molecular flexibility index (Phi) is 8.64. The third-order valence-electron chi connectivity index (χ3n) is 3.99. The second-order valence-electron chi connectivity index (χ2n) is 6.27. The van der Waals surface area contributed by atoms with Crippen molar-refractivity contribution in [3.05, 3.63) is 48.0 Å². The van der Waals surface area contributed by atoms with Crippen LogP contribution in [0.3, 0.4) is 0 Å². The van der Waals surface area contributed by atoms with E-state index in [0.29, 0.717) is 31.1 Å². The van der Waals surface area contributed by atoms with Crippen LogP contribution >= 0.6 is 0 Å². The van der Waals surface area contributed by atoms with Gasteiger partial charge in [-0.15, -0.1) is 0 Å². The first-order valence-electron chi connectivity index (χ1n) is 9.21. The predicted octanol–water partition coefficient (Wildman–Crippen LogP) is 3.77. The van der Waals surface area contributed by atoms with Gasteiger partial charge in [-0.1, -0.05) is 12.1 Å². The molecule has 0 spiro atoms. The van der Waals surface area contributed by atoms with Gasteiger partial charge in [0.05, 0.1) is 20.8 Å². The largest absolute Gasteiger partial charge is 0.497 e. The number of aryl methyl sites for hydroxylation is 1. The Morgan fingerprint density at radius 1 is 0.967 bits per heavy atom. The van der Waals surface area contributed by atoms with E-state index in [9.17, 15) is 18.0 Å². The number of halogens is 3.